The summed E-state index contributed by atoms with van der Waals surface area (Å²) in [5.41, 5.74) is 0. The number of piperazine rings is 2. The molecule has 1 aromatic heterocycles. The number of carbonyl (C=O) groups is 2. The predicted octanol–water partition coefficient (Wildman–Crippen LogP) is -0.844. The van der Waals surface area contributed by atoms with Crippen molar-refractivity contribution >= 4 is 23.5 Å². The molecule has 0 aromatic carbocycles. The Morgan fingerprint density at radius 1 is 0.963 bits per heavy atom. The summed E-state index contributed by atoms with van der Waals surface area (Å²) >= 11 is 0. The summed E-state index contributed by atoms with van der Waals surface area (Å²) in [6.45, 7) is 6.79. The van der Waals surface area contributed by atoms with Gasteiger partial charge in [-0.2, -0.15) is 0 Å². The van der Waals surface area contributed by atoms with Crippen molar-refractivity contribution in [1.82, 2.24) is 25.3 Å². The molecule has 9 heteroatoms. The molecule has 27 heavy (non-hydrogen) atoms. The first-order chi connectivity index (χ1) is 13.1. The van der Waals surface area contributed by atoms with Crippen LogP contribution in [-0.2, 0) is 9.59 Å². The van der Waals surface area contributed by atoms with E-state index in [1.165, 1.54) is 0 Å². The number of hydrogen-bond acceptors (Lipinski definition) is 7. The molecule has 0 aliphatic carbocycles. The van der Waals surface area contributed by atoms with Crippen LogP contribution in [0.4, 0.5) is 11.6 Å². The Balaban J connectivity index is 1.30. The van der Waals surface area contributed by atoms with Crippen LogP contribution in [-0.4, -0.2) is 97.3 Å². The first-order valence-electron chi connectivity index (χ1n) is 9.70. The number of rotatable bonds is 3. The third-order valence-corrected chi connectivity index (χ3v) is 5.67. The molecule has 9 nitrogen and oxygen atoms in total. The standard InChI is InChI=1S/C18H27N7O2/c1-22-6-8-23(9-7-22)15-3-4-16(21-20-15)24-10-12-25(13-11-24)18(27)14-2-5-17(26)19-14/h3-4,14H,2,5-13H2,1H3,(H,19,26). The lowest BCUT2D eigenvalue weighted by atomic mass is 10.2. The Morgan fingerprint density at radius 2 is 1.52 bits per heavy atom. The molecule has 3 aliphatic rings. The maximum absolute atomic E-state index is 12.5. The monoisotopic (exact) mass is 373 g/mol. The molecule has 1 atom stereocenters. The van der Waals surface area contributed by atoms with Crippen LogP contribution in [0, 0.1) is 0 Å². The molecule has 2 amide bonds. The van der Waals surface area contributed by atoms with Crippen LogP contribution < -0.4 is 15.1 Å². The van der Waals surface area contributed by atoms with Gasteiger partial charge in [0.15, 0.2) is 11.6 Å². The topological polar surface area (TPSA) is 84.9 Å². The van der Waals surface area contributed by atoms with Crippen LogP contribution in [0.5, 0.6) is 0 Å². The van der Waals surface area contributed by atoms with E-state index in [1.54, 1.807) is 0 Å². The van der Waals surface area contributed by atoms with Gasteiger partial charge in [-0.15, -0.1) is 10.2 Å². The van der Waals surface area contributed by atoms with Gasteiger partial charge in [-0.1, -0.05) is 0 Å². The average Bonchev–Trinajstić information content (AvgIpc) is 3.15. The van der Waals surface area contributed by atoms with E-state index in [1.807, 2.05) is 17.0 Å². The van der Waals surface area contributed by atoms with Crippen molar-refractivity contribution in [2.75, 3.05) is 69.2 Å². The van der Waals surface area contributed by atoms with E-state index < -0.39 is 0 Å². The molecule has 4 rings (SSSR count). The van der Waals surface area contributed by atoms with Gasteiger partial charge in [0.1, 0.15) is 6.04 Å². The molecule has 1 aromatic rings. The molecule has 3 saturated heterocycles. The highest BCUT2D eigenvalue weighted by Gasteiger charge is 2.32. The summed E-state index contributed by atoms with van der Waals surface area (Å²) in [4.78, 5) is 32.4. The first-order valence-corrected chi connectivity index (χ1v) is 9.70. The van der Waals surface area contributed by atoms with Crippen molar-refractivity contribution in [3.05, 3.63) is 12.1 Å². The summed E-state index contributed by atoms with van der Waals surface area (Å²) in [7, 11) is 2.14. The van der Waals surface area contributed by atoms with Crippen molar-refractivity contribution in [2.45, 2.75) is 18.9 Å². The van der Waals surface area contributed by atoms with Gasteiger partial charge < -0.3 is 24.9 Å². The molecular weight excluding hydrogens is 346 g/mol. The summed E-state index contributed by atoms with van der Waals surface area (Å²) < 4.78 is 0. The molecule has 3 aliphatic heterocycles. The maximum Gasteiger partial charge on any atom is 0.245 e. The summed E-state index contributed by atoms with van der Waals surface area (Å²) in [5.74, 6) is 1.80. The summed E-state index contributed by atoms with van der Waals surface area (Å²) in [6.07, 6.45) is 1.06. The van der Waals surface area contributed by atoms with Crippen LogP contribution >= 0.6 is 0 Å². The lowest BCUT2D eigenvalue weighted by molar-refractivity contribution is -0.134. The largest absolute Gasteiger partial charge is 0.353 e. The van der Waals surface area contributed by atoms with Gasteiger partial charge in [-0.25, -0.2) is 0 Å². The van der Waals surface area contributed by atoms with Crippen LogP contribution in [0.15, 0.2) is 12.1 Å². The zero-order valence-corrected chi connectivity index (χ0v) is 15.8. The number of amides is 2. The SMILES string of the molecule is CN1CCN(c2ccc(N3CCN(C(=O)C4CCC(=O)N4)CC3)nn2)CC1. The number of carbonyl (C=O) groups excluding carboxylic acids is 2. The molecule has 0 bridgehead atoms. The Morgan fingerprint density at radius 3 is 2.00 bits per heavy atom. The Bertz CT molecular complexity index is 679. The van der Waals surface area contributed by atoms with Crippen LogP contribution in [0.25, 0.3) is 0 Å². The molecular formula is C18H27N7O2. The van der Waals surface area contributed by atoms with E-state index in [9.17, 15) is 9.59 Å². The van der Waals surface area contributed by atoms with Crippen molar-refractivity contribution in [2.24, 2.45) is 0 Å². The van der Waals surface area contributed by atoms with E-state index in [0.29, 0.717) is 25.9 Å². The predicted molar refractivity (Wildman–Crippen MR) is 102 cm³/mol. The zero-order valence-electron chi connectivity index (χ0n) is 15.8. The third-order valence-electron chi connectivity index (χ3n) is 5.67. The second-order valence-electron chi connectivity index (χ2n) is 7.51. The molecule has 3 fully saturated rings. The fraction of sp³-hybridized carbons (Fsp3) is 0.667. The molecule has 0 radical (unpaired) electrons. The van der Waals surface area contributed by atoms with Gasteiger partial charge in [-0.05, 0) is 25.6 Å². The van der Waals surface area contributed by atoms with Crippen molar-refractivity contribution in [3.63, 3.8) is 0 Å². The smallest absolute Gasteiger partial charge is 0.245 e. The van der Waals surface area contributed by atoms with E-state index in [4.69, 9.17) is 0 Å². The highest BCUT2D eigenvalue weighted by molar-refractivity contribution is 5.90. The molecule has 0 saturated carbocycles. The van der Waals surface area contributed by atoms with E-state index in [0.717, 1.165) is 50.9 Å². The fourth-order valence-electron chi connectivity index (χ4n) is 3.87. The number of likely N-dealkylation sites (N-methyl/N-ethyl adjacent to an activating group) is 1. The molecule has 1 unspecified atom stereocenters. The van der Waals surface area contributed by atoms with Crippen LogP contribution in [0.3, 0.4) is 0 Å². The van der Waals surface area contributed by atoms with E-state index in [-0.39, 0.29) is 17.9 Å². The van der Waals surface area contributed by atoms with Crippen molar-refractivity contribution in [1.29, 1.82) is 0 Å². The van der Waals surface area contributed by atoms with E-state index in [2.05, 4.69) is 37.3 Å². The lowest BCUT2D eigenvalue weighted by Gasteiger charge is -2.36. The maximum atomic E-state index is 12.5. The number of nitrogens with zero attached hydrogens (tertiary/aromatic N) is 6. The fourth-order valence-corrected chi connectivity index (χ4v) is 3.87. The second-order valence-corrected chi connectivity index (χ2v) is 7.51. The Labute approximate surface area is 159 Å². The lowest BCUT2D eigenvalue weighted by Crippen LogP contribution is -2.53. The van der Waals surface area contributed by atoms with Gasteiger partial charge in [0.25, 0.3) is 0 Å². The summed E-state index contributed by atoms with van der Waals surface area (Å²) in [5, 5.41) is 11.6. The van der Waals surface area contributed by atoms with Crippen LogP contribution in [0.2, 0.25) is 0 Å². The average molecular weight is 373 g/mol. The molecule has 1 N–H and O–H groups in total. The third kappa shape index (κ3) is 3.97. The Kier molecular flexibility index (Phi) is 5.11. The van der Waals surface area contributed by atoms with Crippen molar-refractivity contribution < 1.29 is 9.59 Å². The molecule has 4 heterocycles. The van der Waals surface area contributed by atoms with Gasteiger partial charge in [0, 0.05) is 58.8 Å². The minimum atomic E-state index is -0.341. The second kappa shape index (κ2) is 7.67. The number of aromatic nitrogens is 2. The highest BCUT2D eigenvalue weighted by atomic mass is 16.2. The van der Waals surface area contributed by atoms with Gasteiger partial charge in [-0.3, -0.25) is 9.59 Å². The van der Waals surface area contributed by atoms with Crippen LogP contribution in [0.1, 0.15) is 12.8 Å². The minimum Gasteiger partial charge on any atom is -0.353 e. The van der Waals surface area contributed by atoms with Gasteiger partial charge in [0.05, 0.1) is 0 Å². The number of anilines is 2. The van der Waals surface area contributed by atoms with Crippen molar-refractivity contribution in [3.8, 4) is 0 Å². The first kappa shape index (κ1) is 18.0. The number of nitrogens with one attached hydrogen (secondary N) is 1. The summed E-state index contributed by atoms with van der Waals surface area (Å²) in [6, 6.07) is 3.72. The molecule has 146 valence electrons. The normalized spacial score (nSPS) is 24.3. The van der Waals surface area contributed by atoms with Gasteiger partial charge in [0.2, 0.25) is 11.8 Å². The molecule has 0 spiro atoms. The van der Waals surface area contributed by atoms with E-state index >= 15 is 0 Å². The highest BCUT2D eigenvalue weighted by Crippen LogP contribution is 2.18. The minimum absolute atomic E-state index is 0.0253. The quantitative estimate of drug-likeness (QED) is 0.739. The zero-order chi connectivity index (χ0) is 18.8. The Hall–Kier alpha value is -2.42. The van der Waals surface area contributed by atoms with Gasteiger partial charge >= 0.3 is 0 Å². The number of hydrogen-bond donors (Lipinski definition) is 1.